The second kappa shape index (κ2) is 8.37. The van der Waals surface area contributed by atoms with Crippen LogP contribution in [-0.4, -0.2) is 48.1 Å². The van der Waals surface area contributed by atoms with Crippen LogP contribution in [0, 0.1) is 0 Å². The predicted octanol–water partition coefficient (Wildman–Crippen LogP) is 1.19. The van der Waals surface area contributed by atoms with Crippen LogP contribution < -0.4 is 0 Å². The minimum Gasteiger partial charge on any atom is -0.478 e. The molecule has 0 bridgehead atoms. The van der Waals surface area contributed by atoms with E-state index in [1.165, 1.54) is 21.3 Å². The molecule has 0 saturated carbocycles. The average molecular weight is 264 g/mol. The van der Waals surface area contributed by atoms with Crippen LogP contribution in [0.2, 0.25) is 0 Å². The van der Waals surface area contributed by atoms with Gasteiger partial charge in [0.15, 0.2) is 0 Å². The van der Waals surface area contributed by atoms with Crippen molar-refractivity contribution >= 4 is 15.0 Å². The Labute approximate surface area is 103 Å². The van der Waals surface area contributed by atoms with Crippen molar-refractivity contribution in [1.82, 2.24) is 0 Å². The van der Waals surface area contributed by atoms with Crippen molar-refractivity contribution in [2.45, 2.75) is 19.3 Å². The van der Waals surface area contributed by atoms with Crippen molar-refractivity contribution in [1.29, 1.82) is 0 Å². The number of hydrogen-bond acceptors (Lipinski definition) is 5. The third-order valence-corrected chi connectivity index (χ3v) is 4.26. The summed E-state index contributed by atoms with van der Waals surface area (Å²) in [4.78, 5) is 10.5. The fraction of sp³-hybridized carbons (Fsp3) is 0.700. The van der Waals surface area contributed by atoms with Crippen LogP contribution in [0.4, 0.5) is 0 Å². The summed E-state index contributed by atoms with van der Waals surface area (Å²) in [5.41, 5.74) is 0.207. The van der Waals surface area contributed by atoms with E-state index < -0.39 is 15.0 Å². The van der Waals surface area contributed by atoms with E-state index in [0.717, 1.165) is 0 Å². The second-order valence-corrected chi connectivity index (χ2v) is 5.84. The first-order valence-corrected chi connectivity index (χ1v) is 6.85. The number of unbranched alkanes of at least 4 members (excludes halogenated alkanes) is 1. The molecule has 0 saturated heterocycles. The highest BCUT2D eigenvalue weighted by Gasteiger charge is 2.41. The van der Waals surface area contributed by atoms with Gasteiger partial charge in [0.05, 0.1) is 0 Å². The molecule has 1 N–H and O–H groups in total. The van der Waals surface area contributed by atoms with E-state index in [0.29, 0.717) is 25.9 Å². The summed E-state index contributed by atoms with van der Waals surface area (Å²) < 4.78 is 20.6. The zero-order valence-corrected chi connectivity index (χ0v) is 11.5. The zero-order chi connectivity index (χ0) is 13.3. The van der Waals surface area contributed by atoms with Crippen molar-refractivity contribution < 1.29 is 27.6 Å². The van der Waals surface area contributed by atoms with Crippen LogP contribution in [0.5, 0.6) is 0 Å². The number of aliphatic carboxylic acids is 1. The number of carboxylic acids is 1. The topological polar surface area (TPSA) is 74.2 Å². The Hall–Kier alpha value is -0.733. The van der Waals surface area contributed by atoms with Gasteiger partial charge in [-0.1, -0.05) is 6.58 Å². The Morgan fingerprint density at radius 2 is 1.71 bits per heavy atom. The third kappa shape index (κ3) is 5.94. The van der Waals surface area contributed by atoms with Gasteiger partial charge in [0.1, 0.15) is 0 Å². The number of carbonyl (C=O) groups is 1. The Kier molecular flexibility index (Phi) is 8.01. The van der Waals surface area contributed by atoms with Gasteiger partial charge in [-0.3, -0.25) is 0 Å². The van der Waals surface area contributed by atoms with Crippen molar-refractivity contribution in [3.05, 3.63) is 12.2 Å². The van der Waals surface area contributed by atoms with Gasteiger partial charge in [0, 0.05) is 33.5 Å². The first-order valence-electron chi connectivity index (χ1n) is 5.21. The Morgan fingerprint density at radius 3 is 2.12 bits per heavy atom. The first kappa shape index (κ1) is 16.3. The molecular formula is C10H20O6Si. The average Bonchev–Trinajstić information content (AvgIpc) is 2.34. The van der Waals surface area contributed by atoms with Crippen molar-refractivity contribution in [2.24, 2.45) is 0 Å². The fourth-order valence-corrected chi connectivity index (χ4v) is 2.42. The largest absolute Gasteiger partial charge is 0.678 e. The van der Waals surface area contributed by atoms with Gasteiger partial charge in [0.2, 0.25) is 0 Å². The highest BCUT2D eigenvalue weighted by Crippen LogP contribution is 2.10. The normalized spacial score (nSPS) is 11.5. The van der Waals surface area contributed by atoms with Crippen LogP contribution in [-0.2, 0) is 22.5 Å². The van der Waals surface area contributed by atoms with Gasteiger partial charge in [0.25, 0.3) is 0 Å². The summed E-state index contributed by atoms with van der Waals surface area (Å²) in [6, 6.07) is 0. The Balaban J connectivity index is 3.76. The van der Waals surface area contributed by atoms with Crippen LogP contribution in [0.1, 0.15) is 19.3 Å². The van der Waals surface area contributed by atoms with Crippen LogP contribution in [0.3, 0.4) is 0 Å². The molecule has 0 amide bonds. The molecule has 0 radical (unpaired) electrons. The third-order valence-electron chi connectivity index (χ3n) is 2.20. The van der Waals surface area contributed by atoms with E-state index >= 15 is 0 Å². The summed E-state index contributed by atoms with van der Waals surface area (Å²) in [6.07, 6.45) is 1.82. The highest BCUT2D eigenvalue weighted by atomic mass is 28.4. The van der Waals surface area contributed by atoms with Crippen LogP contribution in [0.15, 0.2) is 12.2 Å². The molecule has 6 nitrogen and oxygen atoms in total. The lowest BCUT2D eigenvalue weighted by atomic mass is 10.1. The van der Waals surface area contributed by atoms with Crippen LogP contribution >= 0.6 is 0 Å². The minimum atomic E-state index is -2.96. The summed E-state index contributed by atoms with van der Waals surface area (Å²) in [7, 11) is 1.44. The molecule has 0 aromatic rings. The van der Waals surface area contributed by atoms with E-state index in [2.05, 4.69) is 6.58 Å². The molecular weight excluding hydrogens is 244 g/mol. The molecule has 0 rings (SSSR count). The van der Waals surface area contributed by atoms with Gasteiger partial charge < -0.3 is 22.8 Å². The summed E-state index contributed by atoms with van der Waals surface area (Å²) in [6.45, 7) is 3.84. The number of hydrogen-bond donors (Lipinski definition) is 1. The maximum atomic E-state index is 10.5. The summed E-state index contributed by atoms with van der Waals surface area (Å²) in [5.74, 6) is -0.958. The van der Waals surface area contributed by atoms with E-state index in [1.54, 1.807) is 0 Å². The maximum absolute atomic E-state index is 10.5. The summed E-state index contributed by atoms with van der Waals surface area (Å²) in [5, 5.41) is 8.60. The molecule has 0 aromatic heterocycles. The molecule has 0 atom stereocenters. The molecule has 100 valence electrons. The van der Waals surface area contributed by atoms with Gasteiger partial charge in [-0.15, -0.1) is 0 Å². The van der Waals surface area contributed by atoms with E-state index in [1.807, 2.05) is 0 Å². The summed E-state index contributed by atoms with van der Waals surface area (Å²) >= 11 is 0. The lowest BCUT2D eigenvalue weighted by Crippen LogP contribution is -2.46. The molecule has 0 aliphatic heterocycles. The van der Waals surface area contributed by atoms with E-state index in [4.69, 9.17) is 22.8 Å². The second-order valence-electron chi connectivity index (χ2n) is 3.33. The lowest BCUT2D eigenvalue weighted by Gasteiger charge is -2.22. The van der Waals surface area contributed by atoms with Crippen molar-refractivity contribution in [3.63, 3.8) is 0 Å². The lowest BCUT2D eigenvalue weighted by molar-refractivity contribution is -0.132. The molecule has 0 unspecified atom stereocenters. The van der Waals surface area contributed by atoms with Crippen molar-refractivity contribution in [2.75, 3.05) is 27.9 Å². The number of rotatable bonds is 10. The number of carboxylic acid groups (broad SMARTS) is 1. The highest BCUT2D eigenvalue weighted by molar-refractivity contribution is 6.53. The van der Waals surface area contributed by atoms with Gasteiger partial charge in [-0.2, -0.15) is 0 Å². The molecule has 0 aromatic carbocycles. The maximum Gasteiger partial charge on any atom is 0.678 e. The molecule has 0 aliphatic carbocycles. The van der Waals surface area contributed by atoms with Gasteiger partial charge in [-0.25, -0.2) is 4.79 Å². The Morgan fingerprint density at radius 1 is 1.18 bits per heavy atom. The first-order chi connectivity index (χ1) is 8.01. The minimum absolute atomic E-state index is 0.207. The Bertz CT molecular complexity index is 243. The van der Waals surface area contributed by atoms with E-state index in [-0.39, 0.29) is 5.57 Å². The molecule has 0 aliphatic rings. The molecule has 7 heteroatoms. The van der Waals surface area contributed by atoms with Crippen molar-refractivity contribution in [3.8, 4) is 0 Å². The molecule has 0 heterocycles. The fourth-order valence-electron chi connectivity index (χ4n) is 1.17. The van der Waals surface area contributed by atoms with E-state index in [9.17, 15) is 4.79 Å². The van der Waals surface area contributed by atoms with Crippen LogP contribution in [0.25, 0.3) is 0 Å². The SMILES string of the molecule is C=C(CCCCO[Si](OC)(OC)OC)C(=O)O. The molecule has 17 heavy (non-hydrogen) atoms. The standard InChI is InChI=1S/C10H20O6Si/c1-9(10(11)12)7-5-6-8-16-17(13-2,14-3)15-4/h1,5-8H2,2-4H3,(H,11,12). The zero-order valence-electron chi connectivity index (χ0n) is 10.5. The monoisotopic (exact) mass is 264 g/mol. The van der Waals surface area contributed by atoms with Gasteiger partial charge >= 0.3 is 15.0 Å². The quantitative estimate of drug-likeness (QED) is 0.363. The molecule has 0 spiro atoms. The smallest absolute Gasteiger partial charge is 0.478 e. The molecule has 0 fully saturated rings. The van der Waals surface area contributed by atoms with Gasteiger partial charge in [-0.05, 0) is 19.3 Å². The predicted molar refractivity (Wildman–Crippen MR) is 63.4 cm³/mol.